The van der Waals surface area contributed by atoms with Gasteiger partial charge in [-0.2, -0.15) is 0 Å². The first kappa shape index (κ1) is 20.8. The number of hydrogen-bond donors (Lipinski definition) is 1. The maximum Gasteiger partial charge on any atom is 0.329 e. The van der Waals surface area contributed by atoms with Crippen molar-refractivity contribution in [3.8, 4) is 5.69 Å². The summed E-state index contributed by atoms with van der Waals surface area (Å²) in [6.07, 6.45) is 1.78. The molecule has 5 heteroatoms. The molecule has 1 saturated heterocycles. The van der Waals surface area contributed by atoms with Crippen LogP contribution in [0.2, 0.25) is 0 Å². The highest BCUT2D eigenvalue weighted by molar-refractivity contribution is 6.14. The summed E-state index contributed by atoms with van der Waals surface area (Å²) in [6, 6.07) is 24.0. The van der Waals surface area contributed by atoms with Crippen molar-refractivity contribution in [3.05, 3.63) is 107 Å². The topological polar surface area (TPSA) is 54.3 Å². The highest BCUT2D eigenvalue weighted by Gasteiger charge is 2.33. The minimum absolute atomic E-state index is 0.249. The summed E-state index contributed by atoms with van der Waals surface area (Å²) in [5.74, 6) is -0.309. The van der Waals surface area contributed by atoms with Gasteiger partial charge >= 0.3 is 6.03 Å². The molecule has 0 bridgehead atoms. The van der Waals surface area contributed by atoms with E-state index in [1.807, 2.05) is 56.3 Å². The van der Waals surface area contributed by atoms with Crippen molar-refractivity contribution in [2.45, 2.75) is 27.3 Å². The molecule has 1 aliphatic heterocycles. The molecule has 1 aromatic heterocycles. The fourth-order valence-electron chi connectivity index (χ4n) is 4.57. The Kier molecular flexibility index (Phi) is 5.09. The summed E-state index contributed by atoms with van der Waals surface area (Å²) in [4.78, 5) is 26.8. The van der Waals surface area contributed by atoms with Crippen LogP contribution in [0, 0.1) is 20.8 Å². The zero-order valence-electron chi connectivity index (χ0n) is 18.9. The number of aryl methyl sites for hydroxylation is 2. The van der Waals surface area contributed by atoms with E-state index >= 15 is 0 Å². The normalized spacial score (nSPS) is 15.0. The molecule has 2 heterocycles. The van der Waals surface area contributed by atoms with Gasteiger partial charge in [-0.05, 0) is 55.5 Å². The molecule has 0 aliphatic carbocycles. The van der Waals surface area contributed by atoms with E-state index in [0.717, 1.165) is 39.2 Å². The van der Waals surface area contributed by atoms with E-state index in [1.54, 1.807) is 6.08 Å². The second kappa shape index (κ2) is 8.10. The Labute approximate surface area is 193 Å². The molecule has 0 atom stereocenters. The van der Waals surface area contributed by atoms with Crippen molar-refractivity contribution >= 4 is 28.8 Å². The zero-order chi connectivity index (χ0) is 23.1. The van der Waals surface area contributed by atoms with Crippen molar-refractivity contribution in [3.63, 3.8) is 0 Å². The first-order valence-corrected chi connectivity index (χ1v) is 11.0. The smallest absolute Gasteiger partial charge is 0.317 e. The van der Waals surface area contributed by atoms with Crippen LogP contribution in [0.25, 0.3) is 22.5 Å². The predicted molar refractivity (Wildman–Crippen MR) is 131 cm³/mol. The van der Waals surface area contributed by atoms with Crippen LogP contribution in [0.3, 0.4) is 0 Å². The lowest BCUT2D eigenvalue weighted by Crippen LogP contribution is -2.30. The highest BCUT2D eigenvalue weighted by Crippen LogP contribution is 2.29. The van der Waals surface area contributed by atoms with Gasteiger partial charge in [0.15, 0.2) is 0 Å². The number of carbonyl (C=O) groups is 2. The molecule has 5 nitrogen and oxygen atoms in total. The second-order valence-electron chi connectivity index (χ2n) is 8.53. The lowest BCUT2D eigenvalue weighted by molar-refractivity contribution is -0.123. The van der Waals surface area contributed by atoms with Crippen LogP contribution >= 0.6 is 0 Å². The summed E-state index contributed by atoms with van der Waals surface area (Å²) in [7, 11) is 0. The van der Waals surface area contributed by atoms with Crippen LogP contribution < -0.4 is 5.32 Å². The van der Waals surface area contributed by atoms with Crippen LogP contribution in [0.4, 0.5) is 4.79 Å². The SMILES string of the molecule is Cc1cccc(CN2C(=O)N/C(=C/c3cc(C)n(-c4cccc5ccccc45)c3C)C2=O)c1. The van der Waals surface area contributed by atoms with Crippen molar-refractivity contribution in [2.75, 3.05) is 0 Å². The number of hydrogen-bond acceptors (Lipinski definition) is 2. The number of benzene rings is 3. The Morgan fingerprint density at radius 1 is 0.879 bits per heavy atom. The first-order chi connectivity index (χ1) is 15.9. The minimum Gasteiger partial charge on any atom is -0.317 e. The third-order valence-corrected chi connectivity index (χ3v) is 6.16. The fraction of sp³-hybridized carbons (Fsp3) is 0.143. The average molecular weight is 436 g/mol. The Balaban J connectivity index is 1.49. The number of nitrogens with one attached hydrogen (secondary N) is 1. The second-order valence-corrected chi connectivity index (χ2v) is 8.53. The standard InChI is InChI=1S/C28H25N3O2/c1-18-8-6-9-21(14-18)17-30-27(32)25(29-28(30)33)16-23-15-19(2)31(20(23)3)26-13-7-11-22-10-4-5-12-24(22)26/h4-16H,17H2,1-3H3,(H,29,33)/b25-16+. The molecule has 3 aromatic carbocycles. The van der Waals surface area contributed by atoms with Gasteiger partial charge in [0.2, 0.25) is 0 Å². The predicted octanol–water partition coefficient (Wildman–Crippen LogP) is 5.65. The molecule has 33 heavy (non-hydrogen) atoms. The Morgan fingerprint density at radius 3 is 2.45 bits per heavy atom. The Morgan fingerprint density at radius 2 is 1.64 bits per heavy atom. The van der Waals surface area contributed by atoms with Gasteiger partial charge in [0.1, 0.15) is 5.70 Å². The van der Waals surface area contributed by atoms with Crippen molar-refractivity contribution in [1.29, 1.82) is 0 Å². The van der Waals surface area contributed by atoms with Gasteiger partial charge in [0.25, 0.3) is 5.91 Å². The maximum absolute atomic E-state index is 13.0. The Hall–Kier alpha value is -4.12. The molecule has 0 spiro atoms. The molecule has 164 valence electrons. The van der Waals surface area contributed by atoms with Crippen molar-refractivity contribution in [1.82, 2.24) is 14.8 Å². The Bertz CT molecular complexity index is 1440. The number of rotatable bonds is 4. The molecule has 1 aliphatic rings. The summed E-state index contributed by atoms with van der Waals surface area (Å²) < 4.78 is 2.19. The number of nitrogens with zero attached hydrogens (tertiary/aromatic N) is 2. The molecule has 1 fully saturated rings. The summed E-state index contributed by atoms with van der Waals surface area (Å²) in [5.41, 5.74) is 6.38. The number of amides is 3. The van der Waals surface area contributed by atoms with Gasteiger partial charge in [0.05, 0.1) is 12.2 Å². The molecule has 4 aromatic rings. The van der Waals surface area contributed by atoms with Crippen molar-refractivity contribution < 1.29 is 9.59 Å². The number of aromatic nitrogens is 1. The zero-order valence-corrected chi connectivity index (χ0v) is 18.9. The molecular formula is C28H25N3O2. The van der Waals surface area contributed by atoms with Gasteiger partial charge < -0.3 is 9.88 Å². The van der Waals surface area contributed by atoms with E-state index in [-0.39, 0.29) is 12.5 Å². The average Bonchev–Trinajstić information content (AvgIpc) is 3.22. The highest BCUT2D eigenvalue weighted by atomic mass is 16.2. The summed E-state index contributed by atoms with van der Waals surface area (Å²) in [5, 5.41) is 5.09. The van der Waals surface area contributed by atoms with Gasteiger partial charge in [-0.25, -0.2) is 4.79 Å². The van der Waals surface area contributed by atoms with E-state index in [4.69, 9.17) is 0 Å². The van der Waals surface area contributed by atoms with Crippen LogP contribution in [0.5, 0.6) is 0 Å². The molecule has 0 radical (unpaired) electrons. The fourth-order valence-corrected chi connectivity index (χ4v) is 4.57. The minimum atomic E-state index is -0.393. The van der Waals surface area contributed by atoms with Gasteiger partial charge in [-0.3, -0.25) is 9.69 Å². The van der Waals surface area contributed by atoms with Gasteiger partial charge in [-0.15, -0.1) is 0 Å². The summed E-state index contributed by atoms with van der Waals surface area (Å²) >= 11 is 0. The van der Waals surface area contributed by atoms with E-state index in [1.165, 1.54) is 10.3 Å². The summed E-state index contributed by atoms with van der Waals surface area (Å²) in [6.45, 7) is 6.33. The van der Waals surface area contributed by atoms with Crippen molar-refractivity contribution in [2.24, 2.45) is 0 Å². The molecule has 1 N–H and O–H groups in total. The quantitative estimate of drug-likeness (QED) is 0.333. The molecular weight excluding hydrogens is 410 g/mol. The van der Waals surface area contributed by atoms with Crippen LogP contribution in [0.1, 0.15) is 28.1 Å². The monoisotopic (exact) mass is 435 g/mol. The largest absolute Gasteiger partial charge is 0.329 e. The van der Waals surface area contributed by atoms with E-state index in [2.05, 4.69) is 47.1 Å². The molecule has 0 saturated carbocycles. The van der Waals surface area contributed by atoms with E-state index in [9.17, 15) is 9.59 Å². The number of urea groups is 1. The van der Waals surface area contributed by atoms with Gasteiger partial charge in [0, 0.05) is 16.8 Å². The first-order valence-electron chi connectivity index (χ1n) is 11.0. The van der Waals surface area contributed by atoms with E-state index < -0.39 is 6.03 Å². The number of fused-ring (bicyclic) bond motifs is 1. The molecule has 0 unspecified atom stereocenters. The lowest BCUT2D eigenvalue weighted by Gasteiger charge is -2.13. The molecule has 5 rings (SSSR count). The third-order valence-electron chi connectivity index (χ3n) is 6.16. The van der Waals surface area contributed by atoms with Crippen LogP contribution in [-0.4, -0.2) is 21.4 Å². The number of carbonyl (C=O) groups excluding carboxylic acids is 2. The molecule has 3 amide bonds. The van der Waals surface area contributed by atoms with Crippen LogP contribution in [-0.2, 0) is 11.3 Å². The van der Waals surface area contributed by atoms with E-state index in [0.29, 0.717) is 5.70 Å². The van der Waals surface area contributed by atoms with Crippen LogP contribution in [0.15, 0.2) is 78.5 Å². The third kappa shape index (κ3) is 3.72. The number of imide groups is 1. The lowest BCUT2D eigenvalue weighted by atomic mass is 10.1. The maximum atomic E-state index is 13.0. The van der Waals surface area contributed by atoms with Gasteiger partial charge in [-0.1, -0.05) is 66.2 Å².